The molecule has 31 heavy (non-hydrogen) atoms. The van der Waals surface area contributed by atoms with Crippen molar-refractivity contribution in [3.05, 3.63) is 57.9 Å². The van der Waals surface area contributed by atoms with Gasteiger partial charge in [-0.25, -0.2) is 0 Å². The normalized spacial score (nSPS) is 14.1. The number of carbonyl (C=O) groups is 2. The Hall–Kier alpha value is -3.69. The van der Waals surface area contributed by atoms with Crippen molar-refractivity contribution >= 4 is 17.5 Å². The van der Waals surface area contributed by atoms with E-state index in [4.69, 9.17) is 9.47 Å². The molecule has 0 atom stereocenters. The Morgan fingerprint density at radius 1 is 1.16 bits per heavy atom. The highest BCUT2D eigenvalue weighted by Gasteiger charge is 2.27. The predicted molar refractivity (Wildman–Crippen MR) is 111 cm³/mol. The molecule has 0 saturated carbocycles. The topological polar surface area (TPSA) is 124 Å². The van der Waals surface area contributed by atoms with Crippen LogP contribution in [0.5, 0.6) is 11.5 Å². The maximum absolute atomic E-state index is 12.7. The van der Waals surface area contributed by atoms with Crippen LogP contribution < -0.4 is 14.8 Å². The van der Waals surface area contributed by atoms with E-state index in [1.165, 1.54) is 26.4 Å². The monoisotopic (exact) mass is 428 g/mol. The van der Waals surface area contributed by atoms with E-state index >= 15 is 0 Å². The number of pyridine rings is 1. The van der Waals surface area contributed by atoms with E-state index in [1.54, 1.807) is 29.4 Å². The number of hydrogen-bond acceptors (Lipinski definition) is 7. The first-order chi connectivity index (χ1) is 14.9. The number of benzene rings is 1. The van der Waals surface area contributed by atoms with E-state index in [2.05, 4.69) is 10.3 Å². The van der Waals surface area contributed by atoms with Gasteiger partial charge < -0.3 is 19.7 Å². The summed E-state index contributed by atoms with van der Waals surface area (Å²) in [5.41, 5.74) is 0.156. The second-order valence-corrected chi connectivity index (χ2v) is 7.16. The van der Waals surface area contributed by atoms with Gasteiger partial charge in [0.05, 0.1) is 25.2 Å². The van der Waals surface area contributed by atoms with Gasteiger partial charge in [0, 0.05) is 43.7 Å². The molecular weight excluding hydrogens is 404 g/mol. The number of carbonyl (C=O) groups excluding carboxylic acids is 2. The number of hydrogen-bond donors (Lipinski definition) is 1. The molecule has 1 fully saturated rings. The molecule has 0 spiro atoms. The summed E-state index contributed by atoms with van der Waals surface area (Å²) in [5, 5.41) is 14.2. The average Bonchev–Trinajstić information content (AvgIpc) is 2.81. The van der Waals surface area contributed by atoms with Crippen LogP contribution in [0.25, 0.3) is 0 Å². The van der Waals surface area contributed by atoms with Crippen LogP contribution in [0.3, 0.4) is 0 Å². The Labute approximate surface area is 179 Å². The Bertz CT molecular complexity index is 958. The maximum atomic E-state index is 12.7. The van der Waals surface area contributed by atoms with Crippen LogP contribution in [-0.2, 0) is 0 Å². The van der Waals surface area contributed by atoms with Crippen LogP contribution in [0.15, 0.2) is 36.7 Å². The van der Waals surface area contributed by atoms with Gasteiger partial charge in [0.1, 0.15) is 5.56 Å². The van der Waals surface area contributed by atoms with Crippen molar-refractivity contribution in [1.82, 2.24) is 15.2 Å². The molecule has 1 saturated heterocycles. The van der Waals surface area contributed by atoms with Crippen LogP contribution in [0.1, 0.15) is 33.6 Å². The highest BCUT2D eigenvalue weighted by Crippen LogP contribution is 2.34. The average molecular weight is 428 g/mol. The van der Waals surface area contributed by atoms with E-state index in [0.29, 0.717) is 25.2 Å². The Kier molecular flexibility index (Phi) is 7.01. The summed E-state index contributed by atoms with van der Waals surface area (Å²) < 4.78 is 10.2. The van der Waals surface area contributed by atoms with Gasteiger partial charge in [-0.15, -0.1) is 0 Å². The van der Waals surface area contributed by atoms with E-state index < -0.39 is 10.8 Å². The number of ether oxygens (including phenoxy) is 2. The molecule has 1 aliphatic rings. The smallest absolute Gasteiger partial charge is 0.286 e. The largest absolute Gasteiger partial charge is 0.493 e. The predicted octanol–water partition coefficient (Wildman–Crippen LogP) is 2.29. The standard InChI is InChI=1S/C21H24N4O6/c1-30-18-11-16(17(25(28)29)12-19(18)31-2)20(26)23-13-14-5-9-24(10-6-14)21(27)15-3-7-22-8-4-15/h3-4,7-8,11-12,14H,5-6,9-10,13H2,1-2H3,(H,23,26). The number of nitro groups is 1. The molecule has 1 N–H and O–H groups in total. The molecule has 164 valence electrons. The van der Waals surface area contributed by atoms with E-state index in [-0.39, 0.29) is 34.6 Å². The summed E-state index contributed by atoms with van der Waals surface area (Å²) in [7, 11) is 2.76. The first-order valence-corrected chi connectivity index (χ1v) is 9.82. The second kappa shape index (κ2) is 9.88. The summed E-state index contributed by atoms with van der Waals surface area (Å²) in [6.07, 6.45) is 4.63. The fourth-order valence-corrected chi connectivity index (χ4v) is 3.55. The van der Waals surface area contributed by atoms with Gasteiger partial charge >= 0.3 is 0 Å². The zero-order valence-electron chi connectivity index (χ0n) is 17.4. The Morgan fingerprint density at radius 3 is 2.35 bits per heavy atom. The number of nitro benzene ring substituents is 1. The van der Waals surface area contributed by atoms with E-state index in [9.17, 15) is 19.7 Å². The summed E-state index contributed by atoms with van der Waals surface area (Å²) in [4.78, 5) is 41.7. The molecule has 10 heteroatoms. The number of aromatic nitrogens is 1. The van der Waals surface area contributed by atoms with Crippen LogP contribution in [0.2, 0.25) is 0 Å². The Morgan fingerprint density at radius 2 is 1.77 bits per heavy atom. The number of amides is 2. The molecule has 2 heterocycles. The molecule has 1 aromatic carbocycles. The highest BCUT2D eigenvalue weighted by molar-refractivity contribution is 5.99. The summed E-state index contributed by atoms with van der Waals surface area (Å²) in [6, 6.07) is 5.86. The van der Waals surface area contributed by atoms with Crippen molar-refractivity contribution in [3.63, 3.8) is 0 Å². The quantitative estimate of drug-likeness (QED) is 0.530. The number of nitrogens with zero attached hydrogens (tertiary/aromatic N) is 3. The van der Waals surface area contributed by atoms with Gasteiger partial charge in [-0.2, -0.15) is 0 Å². The van der Waals surface area contributed by atoms with E-state index in [0.717, 1.165) is 12.8 Å². The van der Waals surface area contributed by atoms with Crippen molar-refractivity contribution in [1.29, 1.82) is 0 Å². The SMILES string of the molecule is COc1cc(C(=O)NCC2CCN(C(=O)c3ccncc3)CC2)c([N+](=O)[O-])cc1OC. The van der Waals surface area contributed by atoms with Gasteiger partial charge in [-0.1, -0.05) is 0 Å². The number of methoxy groups -OCH3 is 2. The molecule has 1 aliphatic heterocycles. The van der Waals surface area contributed by atoms with Crippen molar-refractivity contribution in [2.45, 2.75) is 12.8 Å². The minimum atomic E-state index is -0.625. The molecule has 2 amide bonds. The number of nitrogens with one attached hydrogen (secondary N) is 1. The molecule has 2 aromatic rings. The van der Waals surface area contributed by atoms with Gasteiger partial charge in [-0.3, -0.25) is 24.7 Å². The fraction of sp³-hybridized carbons (Fsp3) is 0.381. The zero-order chi connectivity index (χ0) is 22.4. The van der Waals surface area contributed by atoms with Crippen molar-refractivity contribution in [2.75, 3.05) is 33.9 Å². The summed E-state index contributed by atoms with van der Waals surface area (Å²) in [6.45, 7) is 1.53. The molecule has 0 unspecified atom stereocenters. The van der Waals surface area contributed by atoms with Crippen molar-refractivity contribution in [3.8, 4) is 11.5 Å². The maximum Gasteiger partial charge on any atom is 0.286 e. The molecular formula is C21H24N4O6. The number of likely N-dealkylation sites (tertiary alicyclic amines) is 1. The minimum Gasteiger partial charge on any atom is -0.493 e. The third-order valence-electron chi connectivity index (χ3n) is 5.32. The minimum absolute atomic E-state index is 0.0363. The Balaban J connectivity index is 1.59. The lowest BCUT2D eigenvalue weighted by Gasteiger charge is -2.32. The molecule has 0 radical (unpaired) electrons. The molecule has 10 nitrogen and oxygen atoms in total. The van der Waals surface area contributed by atoms with Crippen LogP contribution in [0.4, 0.5) is 5.69 Å². The molecule has 3 rings (SSSR count). The first-order valence-electron chi connectivity index (χ1n) is 9.82. The third kappa shape index (κ3) is 5.08. The number of piperidine rings is 1. The van der Waals surface area contributed by atoms with Gasteiger partial charge in [-0.05, 0) is 30.9 Å². The molecule has 1 aromatic heterocycles. The lowest BCUT2D eigenvalue weighted by Crippen LogP contribution is -2.41. The van der Waals surface area contributed by atoms with Gasteiger partial charge in [0.15, 0.2) is 11.5 Å². The highest BCUT2D eigenvalue weighted by atomic mass is 16.6. The third-order valence-corrected chi connectivity index (χ3v) is 5.32. The summed E-state index contributed by atoms with van der Waals surface area (Å²) in [5.74, 6) is -0.00316. The zero-order valence-corrected chi connectivity index (χ0v) is 17.4. The number of rotatable bonds is 7. The molecule has 0 aliphatic carbocycles. The molecule has 0 bridgehead atoms. The lowest BCUT2D eigenvalue weighted by atomic mass is 9.96. The first kappa shape index (κ1) is 22.0. The van der Waals surface area contributed by atoms with Gasteiger partial charge in [0.25, 0.3) is 17.5 Å². The summed E-state index contributed by atoms with van der Waals surface area (Å²) >= 11 is 0. The van der Waals surface area contributed by atoms with Gasteiger partial charge in [0.2, 0.25) is 0 Å². The lowest BCUT2D eigenvalue weighted by molar-refractivity contribution is -0.385. The van der Waals surface area contributed by atoms with Crippen LogP contribution in [-0.4, -0.2) is 60.5 Å². The van der Waals surface area contributed by atoms with Crippen molar-refractivity contribution in [2.24, 2.45) is 5.92 Å². The van der Waals surface area contributed by atoms with Crippen LogP contribution >= 0.6 is 0 Å². The van der Waals surface area contributed by atoms with Crippen LogP contribution in [0, 0.1) is 16.0 Å². The van der Waals surface area contributed by atoms with Crippen molar-refractivity contribution < 1.29 is 24.0 Å². The second-order valence-electron chi connectivity index (χ2n) is 7.16. The van der Waals surface area contributed by atoms with E-state index in [1.807, 2.05) is 0 Å². The fourth-order valence-electron chi connectivity index (χ4n) is 3.55.